The molecule has 0 spiro atoms. The van der Waals surface area contributed by atoms with Crippen molar-refractivity contribution in [3.05, 3.63) is 40.5 Å². The Balaban J connectivity index is 2.30. The maximum absolute atomic E-state index is 12.3. The van der Waals surface area contributed by atoms with E-state index in [1.54, 1.807) is 18.2 Å². The smallest absolute Gasteiger partial charge is 0.167 e. The van der Waals surface area contributed by atoms with Crippen LogP contribution in [0.15, 0.2) is 29.4 Å². The number of phenolic OH excluding ortho intramolecular Hbond substituents is 1. The third-order valence-electron chi connectivity index (χ3n) is 4.67. The molecule has 0 saturated carbocycles. The summed E-state index contributed by atoms with van der Waals surface area (Å²) < 4.78 is 5.18. The molecule has 4 heteroatoms. The standard InChI is InChI=1S/C18H18O4/c1-8-5-14(21)17(10(3)19)18-12-7-15(22-4)13(20)6-11(12)9(2)16(8)18/h5-7,17-18,20H,1-4H3/t17-,18+/m1/s1. The van der Waals surface area contributed by atoms with Crippen molar-refractivity contribution in [2.75, 3.05) is 7.11 Å². The second kappa shape index (κ2) is 4.83. The molecule has 2 aliphatic rings. The number of ether oxygens (including phenoxy) is 1. The van der Waals surface area contributed by atoms with Gasteiger partial charge in [0.15, 0.2) is 17.3 Å². The lowest BCUT2D eigenvalue weighted by molar-refractivity contribution is -0.129. The Morgan fingerprint density at radius 3 is 2.55 bits per heavy atom. The number of ketones is 2. The number of methoxy groups -OCH3 is 1. The molecule has 0 bridgehead atoms. The summed E-state index contributed by atoms with van der Waals surface area (Å²) in [5.74, 6) is -0.832. The van der Waals surface area contributed by atoms with Crippen LogP contribution in [0.1, 0.15) is 37.8 Å². The minimum atomic E-state index is -0.691. The van der Waals surface area contributed by atoms with Gasteiger partial charge in [-0.05, 0) is 66.8 Å². The van der Waals surface area contributed by atoms with Gasteiger partial charge in [0.05, 0.1) is 13.0 Å². The number of hydrogen-bond acceptors (Lipinski definition) is 4. The Labute approximate surface area is 129 Å². The minimum Gasteiger partial charge on any atom is -0.504 e. The molecule has 22 heavy (non-hydrogen) atoms. The maximum Gasteiger partial charge on any atom is 0.167 e. The highest BCUT2D eigenvalue weighted by Crippen LogP contribution is 2.53. The van der Waals surface area contributed by atoms with E-state index in [0.29, 0.717) is 5.75 Å². The predicted octanol–water partition coefficient (Wildman–Crippen LogP) is 3.01. The zero-order chi connectivity index (χ0) is 16.2. The third-order valence-corrected chi connectivity index (χ3v) is 4.67. The summed E-state index contributed by atoms with van der Waals surface area (Å²) in [5.41, 5.74) is 4.67. The largest absolute Gasteiger partial charge is 0.504 e. The van der Waals surface area contributed by atoms with Crippen LogP contribution in [0.4, 0.5) is 0 Å². The fourth-order valence-corrected chi connectivity index (χ4v) is 3.73. The Kier molecular flexibility index (Phi) is 3.20. The van der Waals surface area contributed by atoms with E-state index in [9.17, 15) is 14.7 Å². The predicted molar refractivity (Wildman–Crippen MR) is 82.9 cm³/mol. The second-order valence-corrected chi connectivity index (χ2v) is 5.95. The molecule has 0 amide bonds. The Morgan fingerprint density at radius 2 is 1.95 bits per heavy atom. The first-order chi connectivity index (χ1) is 10.4. The quantitative estimate of drug-likeness (QED) is 0.852. The highest BCUT2D eigenvalue weighted by atomic mass is 16.5. The molecule has 0 saturated heterocycles. The summed E-state index contributed by atoms with van der Waals surface area (Å²) >= 11 is 0. The first-order valence-electron chi connectivity index (χ1n) is 7.21. The first-order valence-corrected chi connectivity index (χ1v) is 7.21. The molecular weight excluding hydrogens is 280 g/mol. The van der Waals surface area contributed by atoms with Crippen LogP contribution in [0, 0.1) is 5.92 Å². The zero-order valence-corrected chi connectivity index (χ0v) is 13.1. The lowest BCUT2D eigenvalue weighted by atomic mass is 9.72. The number of aromatic hydroxyl groups is 1. The van der Waals surface area contributed by atoms with E-state index in [1.807, 2.05) is 13.8 Å². The molecule has 1 N–H and O–H groups in total. The van der Waals surface area contributed by atoms with Crippen molar-refractivity contribution in [1.82, 2.24) is 0 Å². The van der Waals surface area contributed by atoms with Crippen LogP contribution in [0.5, 0.6) is 11.5 Å². The van der Waals surface area contributed by atoms with Crippen LogP contribution >= 0.6 is 0 Å². The third kappa shape index (κ3) is 1.83. The fourth-order valence-electron chi connectivity index (χ4n) is 3.73. The van der Waals surface area contributed by atoms with Crippen LogP contribution in [-0.2, 0) is 9.59 Å². The fraction of sp³-hybridized carbons (Fsp3) is 0.333. The van der Waals surface area contributed by atoms with Crippen LogP contribution in [-0.4, -0.2) is 23.8 Å². The highest BCUT2D eigenvalue weighted by Gasteiger charge is 2.44. The Morgan fingerprint density at radius 1 is 1.27 bits per heavy atom. The number of hydrogen-bond donors (Lipinski definition) is 1. The van der Waals surface area contributed by atoms with E-state index in [4.69, 9.17) is 4.74 Å². The van der Waals surface area contributed by atoms with Gasteiger partial charge in [0.25, 0.3) is 0 Å². The van der Waals surface area contributed by atoms with E-state index in [1.165, 1.54) is 14.0 Å². The number of allylic oxidation sites excluding steroid dienone is 4. The normalized spacial score (nSPS) is 23.1. The lowest BCUT2D eigenvalue weighted by Crippen LogP contribution is -2.31. The van der Waals surface area contributed by atoms with Crippen LogP contribution in [0.2, 0.25) is 0 Å². The van der Waals surface area contributed by atoms with Gasteiger partial charge in [0, 0.05) is 5.92 Å². The summed E-state index contributed by atoms with van der Waals surface area (Å²) in [4.78, 5) is 24.4. The molecule has 0 aromatic heterocycles. The van der Waals surface area contributed by atoms with Crippen molar-refractivity contribution in [3.63, 3.8) is 0 Å². The van der Waals surface area contributed by atoms with Gasteiger partial charge < -0.3 is 9.84 Å². The summed E-state index contributed by atoms with van der Waals surface area (Å²) in [6.45, 7) is 5.31. The monoisotopic (exact) mass is 298 g/mol. The number of fused-ring (bicyclic) bond motifs is 3. The Hall–Kier alpha value is -2.36. The van der Waals surface area contributed by atoms with Crippen molar-refractivity contribution in [2.45, 2.75) is 26.7 Å². The van der Waals surface area contributed by atoms with E-state index in [-0.39, 0.29) is 23.2 Å². The summed E-state index contributed by atoms with van der Waals surface area (Å²) in [6.07, 6.45) is 1.56. The number of Topliss-reactive ketones (excluding diaryl/α,β-unsaturated/α-hetero) is 1. The molecule has 0 unspecified atom stereocenters. The van der Waals surface area contributed by atoms with Gasteiger partial charge in [-0.1, -0.05) is 0 Å². The van der Waals surface area contributed by atoms with E-state index >= 15 is 0 Å². The Bertz CT molecular complexity index is 768. The zero-order valence-electron chi connectivity index (χ0n) is 13.1. The molecule has 0 radical (unpaired) electrons. The van der Waals surface area contributed by atoms with Gasteiger partial charge in [-0.2, -0.15) is 0 Å². The molecule has 0 fully saturated rings. The van der Waals surface area contributed by atoms with Gasteiger partial charge >= 0.3 is 0 Å². The van der Waals surface area contributed by atoms with Crippen LogP contribution in [0.25, 0.3) is 5.57 Å². The molecule has 0 heterocycles. The van der Waals surface area contributed by atoms with Gasteiger partial charge in [-0.3, -0.25) is 9.59 Å². The van der Waals surface area contributed by atoms with Gasteiger partial charge in [-0.15, -0.1) is 0 Å². The van der Waals surface area contributed by atoms with E-state index < -0.39 is 5.92 Å². The van der Waals surface area contributed by atoms with E-state index in [2.05, 4.69) is 0 Å². The molecule has 0 aliphatic heterocycles. The minimum absolute atomic E-state index is 0.0622. The number of benzene rings is 1. The van der Waals surface area contributed by atoms with Gasteiger partial charge in [-0.25, -0.2) is 0 Å². The molecule has 114 valence electrons. The molecular formula is C18H18O4. The second-order valence-electron chi connectivity index (χ2n) is 5.95. The number of carbonyl (C=O) groups is 2. The van der Waals surface area contributed by atoms with Gasteiger partial charge in [0.1, 0.15) is 5.78 Å². The average molecular weight is 298 g/mol. The van der Waals surface area contributed by atoms with Crippen molar-refractivity contribution in [2.24, 2.45) is 5.92 Å². The maximum atomic E-state index is 12.3. The topological polar surface area (TPSA) is 63.6 Å². The lowest BCUT2D eigenvalue weighted by Gasteiger charge is -2.28. The molecule has 1 aromatic carbocycles. The average Bonchev–Trinajstić information content (AvgIpc) is 2.71. The SMILES string of the molecule is COc1cc2c(cc1O)C(C)=C1C(C)=CC(=O)[C@@H](C(C)=O)[C@H]12. The van der Waals surface area contributed by atoms with Crippen molar-refractivity contribution < 1.29 is 19.4 Å². The van der Waals surface area contributed by atoms with Crippen molar-refractivity contribution in [1.29, 1.82) is 0 Å². The van der Waals surface area contributed by atoms with Crippen molar-refractivity contribution in [3.8, 4) is 11.5 Å². The summed E-state index contributed by atoms with van der Waals surface area (Å²) in [5, 5.41) is 10.0. The molecule has 2 atom stereocenters. The molecule has 3 rings (SSSR count). The van der Waals surface area contributed by atoms with Gasteiger partial charge in [0.2, 0.25) is 0 Å². The molecule has 1 aromatic rings. The highest BCUT2D eigenvalue weighted by molar-refractivity contribution is 6.11. The summed E-state index contributed by atoms with van der Waals surface area (Å²) in [6, 6.07) is 3.40. The number of carbonyl (C=O) groups excluding carboxylic acids is 2. The van der Waals surface area contributed by atoms with Crippen molar-refractivity contribution >= 4 is 17.1 Å². The first kappa shape index (κ1) is 14.6. The molecule has 4 nitrogen and oxygen atoms in total. The van der Waals surface area contributed by atoms with Crippen LogP contribution in [0.3, 0.4) is 0 Å². The number of phenols is 1. The van der Waals surface area contributed by atoms with E-state index in [0.717, 1.165) is 27.8 Å². The summed E-state index contributed by atoms with van der Waals surface area (Å²) in [7, 11) is 1.48. The number of rotatable bonds is 2. The van der Waals surface area contributed by atoms with Crippen LogP contribution < -0.4 is 4.74 Å². The molecule has 2 aliphatic carbocycles.